The molecule has 0 spiro atoms. The van der Waals surface area contributed by atoms with E-state index in [9.17, 15) is 9.59 Å². The van der Waals surface area contributed by atoms with Gasteiger partial charge < -0.3 is 19.8 Å². The van der Waals surface area contributed by atoms with Crippen LogP contribution in [0.15, 0.2) is 59.6 Å². The molecule has 3 heterocycles. The zero-order chi connectivity index (χ0) is 21.1. The van der Waals surface area contributed by atoms with Crippen LogP contribution in [0, 0.1) is 6.92 Å². The summed E-state index contributed by atoms with van der Waals surface area (Å²) in [5, 5.41) is 0. The van der Waals surface area contributed by atoms with Crippen LogP contribution in [-0.4, -0.2) is 52.0 Å². The van der Waals surface area contributed by atoms with Crippen LogP contribution < -0.4 is 5.73 Å². The highest BCUT2D eigenvalue weighted by Crippen LogP contribution is 2.26. The number of ether oxygens (including phenoxy) is 1. The Hall–Kier alpha value is -3.52. The van der Waals surface area contributed by atoms with Crippen molar-refractivity contribution in [2.45, 2.75) is 18.9 Å². The van der Waals surface area contributed by atoms with Gasteiger partial charge in [-0.15, -0.1) is 0 Å². The fraction of sp³-hybridized carbons (Fsp3) is 0.273. The fourth-order valence-corrected chi connectivity index (χ4v) is 3.63. The van der Waals surface area contributed by atoms with Gasteiger partial charge in [-0.05, 0) is 29.7 Å². The predicted molar refractivity (Wildman–Crippen MR) is 108 cm³/mol. The standard InChI is InChI=1S/C22H22N4O4/c1-15-19(29-14-25-15)20(27)26-9-10-30-22(13-26,21(23)28)11-16-4-6-17(7-5-16)18-3-2-8-24-12-18/h2-8,12,14H,9-11,13H2,1H3,(H2,23,28)/t22-/m0/s1. The van der Waals surface area contributed by atoms with Gasteiger partial charge in [-0.3, -0.25) is 14.6 Å². The Labute approximate surface area is 173 Å². The lowest BCUT2D eigenvalue weighted by Crippen LogP contribution is -2.61. The molecule has 30 heavy (non-hydrogen) atoms. The number of nitrogens with two attached hydrogens (primary N) is 1. The van der Waals surface area contributed by atoms with E-state index in [0.717, 1.165) is 16.7 Å². The molecule has 8 nitrogen and oxygen atoms in total. The smallest absolute Gasteiger partial charge is 0.291 e. The van der Waals surface area contributed by atoms with E-state index in [-0.39, 0.29) is 31.2 Å². The van der Waals surface area contributed by atoms with Gasteiger partial charge in [0.05, 0.1) is 18.8 Å². The summed E-state index contributed by atoms with van der Waals surface area (Å²) in [6.45, 7) is 2.29. The molecule has 1 aliphatic heterocycles. The molecule has 0 bridgehead atoms. The maximum absolute atomic E-state index is 12.8. The summed E-state index contributed by atoms with van der Waals surface area (Å²) in [5.41, 5.74) is 7.83. The van der Waals surface area contributed by atoms with Gasteiger partial charge >= 0.3 is 0 Å². The van der Waals surface area contributed by atoms with Crippen molar-refractivity contribution < 1.29 is 18.7 Å². The molecule has 0 aliphatic carbocycles. The summed E-state index contributed by atoms with van der Waals surface area (Å²) in [4.78, 5) is 34.9. The molecule has 154 valence electrons. The van der Waals surface area contributed by atoms with E-state index in [4.69, 9.17) is 14.9 Å². The monoisotopic (exact) mass is 406 g/mol. The number of rotatable bonds is 5. The number of hydrogen-bond donors (Lipinski definition) is 1. The Morgan fingerprint density at radius 1 is 1.20 bits per heavy atom. The molecule has 2 amide bonds. The van der Waals surface area contributed by atoms with Gasteiger partial charge in [-0.2, -0.15) is 0 Å². The first-order chi connectivity index (χ1) is 14.5. The summed E-state index contributed by atoms with van der Waals surface area (Å²) < 4.78 is 11.1. The quantitative estimate of drug-likeness (QED) is 0.694. The first kappa shape index (κ1) is 19.8. The minimum absolute atomic E-state index is 0.0473. The lowest BCUT2D eigenvalue weighted by Gasteiger charge is -2.40. The number of morpholine rings is 1. The Balaban J connectivity index is 1.55. The predicted octanol–water partition coefficient (Wildman–Crippen LogP) is 1.98. The van der Waals surface area contributed by atoms with Gasteiger partial charge in [0.25, 0.3) is 11.8 Å². The highest BCUT2D eigenvalue weighted by Gasteiger charge is 2.44. The number of benzene rings is 1. The number of hydrogen-bond acceptors (Lipinski definition) is 6. The van der Waals surface area contributed by atoms with E-state index in [2.05, 4.69) is 9.97 Å². The third-order valence-corrected chi connectivity index (χ3v) is 5.30. The number of oxazole rings is 1. The van der Waals surface area contributed by atoms with Crippen molar-refractivity contribution in [2.24, 2.45) is 5.73 Å². The summed E-state index contributed by atoms with van der Waals surface area (Å²) >= 11 is 0. The van der Waals surface area contributed by atoms with Crippen LogP contribution in [0.25, 0.3) is 11.1 Å². The average molecular weight is 406 g/mol. The molecule has 1 fully saturated rings. The van der Waals surface area contributed by atoms with Crippen LogP contribution in [0.4, 0.5) is 0 Å². The van der Waals surface area contributed by atoms with Crippen LogP contribution in [0.3, 0.4) is 0 Å². The molecule has 0 unspecified atom stereocenters. The molecule has 2 aromatic heterocycles. The SMILES string of the molecule is Cc1ncoc1C(=O)N1CCO[C@](Cc2ccc(-c3cccnc3)cc2)(C(N)=O)C1. The number of amides is 2. The largest absolute Gasteiger partial charge is 0.438 e. The average Bonchev–Trinajstić information content (AvgIpc) is 3.20. The zero-order valence-corrected chi connectivity index (χ0v) is 16.6. The van der Waals surface area contributed by atoms with Crippen molar-refractivity contribution in [1.29, 1.82) is 0 Å². The van der Waals surface area contributed by atoms with E-state index in [1.165, 1.54) is 11.3 Å². The van der Waals surface area contributed by atoms with Crippen molar-refractivity contribution in [3.8, 4) is 11.1 Å². The Kier molecular flexibility index (Phi) is 5.33. The van der Waals surface area contributed by atoms with Crippen LogP contribution in [-0.2, 0) is 16.0 Å². The molecule has 2 N–H and O–H groups in total. The summed E-state index contributed by atoms with van der Waals surface area (Å²) in [6.07, 6.45) is 5.00. The van der Waals surface area contributed by atoms with Crippen molar-refractivity contribution in [1.82, 2.24) is 14.9 Å². The van der Waals surface area contributed by atoms with Crippen molar-refractivity contribution in [3.63, 3.8) is 0 Å². The normalized spacial score (nSPS) is 18.9. The number of carbonyl (C=O) groups is 2. The lowest BCUT2D eigenvalue weighted by atomic mass is 9.90. The number of carbonyl (C=O) groups excluding carboxylic acids is 2. The van der Waals surface area contributed by atoms with Crippen LogP contribution in [0.1, 0.15) is 21.8 Å². The first-order valence-electron chi connectivity index (χ1n) is 9.61. The van der Waals surface area contributed by atoms with Crippen LogP contribution in [0.2, 0.25) is 0 Å². The highest BCUT2D eigenvalue weighted by atomic mass is 16.5. The third-order valence-electron chi connectivity index (χ3n) is 5.30. The molecule has 1 atom stereocenters. The van der Waals surface area contributed by atoms with Gasteiger partial charge in [0.1, 0.15) is 0 Å². The van der Waals surface area contributed by atoms with Crippen LogP contribution in [0.5, 0.6) is 0 Å². The Bertz CT molecular complexity index is 1050. The maximum Gasteiger partial charge on any atom is 0.291 e. The van der Waals surface area contributed by atoms with Crippen molar-refractivity contribution in [2.75, 3.05) is 19.7 Å². The second-order valence-electron chi connectivity index (χ2n) is 7.32. The minimum Gasteiger partial charge on any atom is -0.438 e. The Morgan fingerprint density at radius 3 is 2.63 bits per heavy atom. The van der Waals surface area contributed by atoms with Crippen molar-refractivity contribution in [3.05, 3.63) is 72.2 Å². The molecule has 1 saturated heterocycles. The molecular formula is C22H22N4O4. The van der Waals surface area contributed by atoms with E-state index < -0.39 is 11.5 Å². The van der Waals surface area contributed by atoms with E-state index in [1.54, 1.807) is 19.3 Å². The molecular weight excluding hydrogens is 384 g/mol. The van der Waals surface area contributed by atoms with E-state index >= 15 is 0 Å². The van der Waals surface area contributed by atoms with Crippen LogP contribution >= 0.6 is 0 Å². The molecule has 3 aromatic rings. The number of aromatic nitrogens is 2. The van der Waals surface area contributed by atoms with E-state index in [1.807, 2.05) is 36.4 Å². The number of aryl methyl sites for hydroxylation is 1. The Morgan fingerprint density at radius 2 is 2.00 bits per heavy atom. The number of pyridine rings is 1. The zero-order valence-electron chi connectivity index (χ0n) is 16.6. The minimum atomic E-state index is -1.31. The summed E-state index contributed by atoms with van der Waals surface area (Å²) in [7, 11) is 0. The summed E-state index contributed by atoms with van der Waals surface area (Å²) in [5.74, 6) is -0.771. The topological polar surface area (TPSA) is 112 Å². The number of primary amides is 1. The molecule has 1 aliphatic rings. The maximum atomic E-state index is 12.8. The van der Waals surface area contributed by atoms with Gasteiger partial charge in [0, 0.05) is 25.4 Å². The fourth-order valence-electron chi connectivity index (χ4n) is 3.63. The first-order valence-corrected chi connectivity index (χ1v) is 9.61. The number of nitrogens with zero attached hydrogens (tertiary/aromatic N) is 3. The van der Waals surface area contributed by atoms with E-state index in [0.29, 0.717) is 12.2 Å². The molecule has 0 saturated carbocycles. The molecule has 4 rings (SSSR count). The van der Waals surface area contributed by atoms with Gasteiger partial charge in [-0.25, -0.2) is 4.98 Å². The van der Waals surface area contributed by atoms with Crippen molar-refractivity contribution >= 4 is 11.8 Å². The third kappa shape index (κ3) is 3.81. The lowest BCUT2D eigenvalue weighted by molar-refractivity contribution is -0.153. The molecule has 1 aromatic carbocycles. The van der Waals surface area contributed by atoms with Gasteiger partial charge in [-0.1, -0.05) is 30.3 Å². The highest BCUT2D eigenvalue weighted by molar-refractivity contribution is 5.93. The summed E-state index contributed by atoms with van der Waals surface area (Å²) in [6, 6.07) is 11.6. The molecule has 8 heteroatoms. The van der Waals surface area contributed by atoms with Gasteiger partial charge in [0.2, 0.25) is 5.76 Å². The van der Waals surface area contributed by atoms with Gasteiger partial charge in [0.15, 0.2) is 12.0 Å². The second-order valence-corrected chi connectivity index (χ2v) is 7.32. The second kappa shape index (κ2) is 8.08. The molecule has 0 radical (unpaired) electrons.